The molecular weight excluding hydrogens is 346 g/mol. The van der Waals surface area contributed by atoms with Gasteiger partial charge in [-0.1, -0.05) is 32.0 Å². The van der Waals surface area contributed by atoms with Crippen molar-refractivity contribution < 1.29 is 4.79 Å². The number of rotatable bonds is 10. The third-order valence-electron chi connectivity index (χ3n) is 6.21. The third-order valence-corrected chi connectivity index (χ3v) is 6.21. The van der Waals surface area contributed by atoms with Crippen molar-refractivity contribution in [2.75, 3.05) is 0 Å². The van der Waals surface area contributed by atoms with Crippen LogP contribution in [0.5, 0.6) is 0 Å². The van der Waals surface area contributed by atoms with E-state index in [0.29, 0.717) is 37.0 Å². The predicted molar refractivity (Wildman–Crippen MR) is 112 cm³/mol. The monoisotopic (exact) mass is 379 g/mol. The zero-order valence-electron chi connectivity index (χ0n) is 17.6. The highest BCUT2D eigenvalue weighted by molar-refractivity contribution is 5.81. The van der Waals surface area contributed by atoms with Crippen LogP contribution in [0.4, 0.5) is 0 Å². The van der Waals surface area contributed by atoms with Crippen molar-refractivity contribution in [1.29, 1.82) is 0 Å². The fourth-order valence-corrected chi connectivity index (χ4v) is 4.16. The molecule has 1 heterocycles. The normalized spacial score (nSPS) is 16.7. The summed E-state index contributed by atoms with van der Waals surface area (Å²) in [6.07, 6.45) is 8.99. The Bertz CT molecular complexity index is 844. The van der Waals surface area contributed by atoms with Gasteiger partial charge in [0.05, 0.1) is 0 Å². The summed E-state index contributed by atoms with van der Waals surface area (Å²) in [6, 6.07) is 7.04. The lowest BCUT2D eigenvalue weighted by atomic mass is 9.95. The van der Waals surface area contributed by atoms with Crippen LogP contribution in [-0.4, -0.2) is 20.5 Å². The molecular formula is C24H33N3O. The molecule has 4 rings (SSSR count). The van der Waals surface area contributed by atoms with Gasteiger partial charge in [-0.05, 0) is 67.6 Å². The average Bonchev–Trinajstić information content (AvgIpc) is 3.58. The number of ketones is 1. The van der Waals surface area contributed by atoms with Crippen molar-refractivity contribution >= 4 is 5.78 Å². The summed E-state index contributed by atoms with van der Waals surface area (Å²) in [7, 11) is 0. The van der Waals surface area contributed by atoms with Gasteiger partial charge < -0.3 is 4.57 Å². The van der Waals surface area contributed by atoms with Crippen LogP contribution in [0.3, 0.4) is 0 Å². The maximum absolute atomic E-state index is 12.7. The van der Waals surface area contributed by atoms with Crippen LogP contribution in [0.25, 0.3) is 0 Å². The van der Waals surface area contributed by atoms with E-state index in [1.54, 1.807) is 0 Å². The largest absolute Gasteiger partial charge is 0.312 e. The number of carbonyl (C=O) groups excluding carboxylic acids is 1. The second kappa shape index (κ2) is 8.18. The molecule has 2 fully saturated rings. The summed E-state index contributed by atoms with van der Waals surface area (Å²) >= 11 is 0. The number of Topliss-reactive ketones (excluding diaryl/α,β-unsaturated/α-hetero) is 1. The minimum atomic E-state index is 0.310. The van der Waals surface area contributed by atoms with E-state index < -0.39 is 0 Å². The van der Waals surface area contributed by atoms with Gasteiger partial charge in [-0.3, -0.25) is 4.79 Å². The molecule has 2 saturated carbocycles. The number of benzene rings is 1. The van der Waals surface area contributed by atoms with Gasteiger partial charge in [-0.2, -0.15) is 0 Å². The van der Waals surface area contributed by atoms with Gasteiger partial charge in [0.1, 0.15) is 17.4 Å². The van der Waals surface area contributed by atoms with Gasteiger partial charge in [-0.15, -0.1) is 10.2 Å². The quantitative estimate of drug-likeness (QED) is 0.575. The zero-order chi connectivity index (χ0) is 19.7. The second-order valence-corrected chi connectivity index (χ2v) is 9.19. The van der Waals surface area contributed by atoms with Gasteiger partial charge in [0, 0.05) is 31.7 Å². The van der Waals surface area contributed by atoms with Gasteiger partial charge in [0.2, 0.25) is 0 Å². The Morgan fingerprint density at radius 3 is 2.46 bits per heavy atom. The van der Waals surface area contributed by atoms with E-state index in [1.807, 2.05) is 0 Å². The summed E-state index contributed by atoms with van der Waals surface area (Å²) in [4.78, 5) is 12.7. The number of aromatic nitrogens is 3. The number of aryl methyl sites for hydroxylation is 2. The summed E-state index contributed by atoms with van der Waals surface area (Å²) in [5.74, 6) is 3.84. The molecule has 4 heteroatoms. The highest BCUT2D eigenvalue weighted by Gasteiger charge is 2.29. The van der Waals surface area contributed by atoms with Crippen molar-refractivity contribution in [3.05, 3.63) is 46.5 Å². The lowest BCUT2D eigenvalue weighted by molar-refractivity contribution is -0.118. The molecule has 0 unspecified atom stereocenters. The van der Waals surface area contributed by atoms with E-state index in [0.717, 1.165) is 30.4 Å². The first-order chi connectivity index (χ1) is 13.5. The van der Waals surface area contributed by atoms with Crippen LogP contribution < -0.4 is 0 Å². The van der Waals surface area contributed by atoms with Crippen molar-refractivity contribution in [1.82, 2.24) is 14.8 Å². The summed E-state index contributed by atoms with van der Waals surface area (Å²) in [5.41, 5.74) is 3.99. The first kappa shape index (κ1) is 19.4. The van der Waals surface area contributed by atoms with Gasteiger partial charge in [0.25, 0.3) is 0 Å². The SMILES string of the molecule is Cc1c(CC(=O)CCc2nnc(CCC(C)C)n2C2CC2)cccc1C1CC1. The number of hydrogen-bond acceptors (Lipinski definition) is 3. The molecule has 0 aliphatic heterocycles. The molecule has 1 aromatic carbocycles. The molecule has 0 N–H and O–H groups in total. The second-order valence-electron chi connectivity index (χ2n) is 9.19. The predicted octanol–water partition coefficient (Wildman–Crippen LogP) is 5.13. The van der Waals surface area contributed by atoms with E-state index in [1.165, 1.54) is 42.4 Å². The lowest BCUT2D eigenvalue weighted by Gasteiger charge is -2.11. The number of carbonyl (C=O) groups is 1. The maximum atomic E-state index is 12.7. The van der Waals surface area contributed by atoms with Gasteiger partial charge >= 0.3 is 0 Å². The molecule has 0 bridgehead atoms. The molecule has 1 aromatic heterocycles. The van der Waals surface area contributed by atoms with Crippen molar-refractivity contribution in [2.45, 2.75) is 90.5 Å². The molecule has 2 aromatic rings. The Morgan fingerprint density at radius 2 is 1.82 bits per heavy atom. The van der Waals surface area contributed by atoms with Crippen molar-refractivity contribution in [3.8, 4) is 0 Å². The van der Waals surface area contributed by atoms with Crippen LogP contribution in [0.2, 0.25) is 0 Å². The fourth-order valence-electron chi connectivity index (χ4n) is 4.16. The molecule has 0 radical (unpaired) electrons. The molecule has 4 nitrogen and oxygen atoms in total. The zero-order valence-corrected chi connectivity index (χ0v) is 17.6. The van der Waals surface area contributed by atoms with E-state index in [4.69, 9.17) is 0 Å². The number of hydrogen-bond donors (Lipinski definition) is 0. The highest BCUT2D eigenvalue weighted by atomic mass is 16.1. The van der Waals surface area contributed by atoms with Crippen LogP contribution >= 0.6 is 0 Å². The first-order valence-electron chi connectivity index (χ1n) is 11.1. The molecule has 2 aliphatic rings. The highest BCUT2D eigenvalue weighted by Crippen LogP contribution is 2.42. The van der Waals surface area contributed by atoms with Gasteiger partial charge in [0.15, 0.2) is 0 Å². The minimum absolute atomic E-state index is 0.310. The molecule has 0 atom stereocenters. The lowest BCUT2D eigenvalue weighted by Crippen LogP contribution is -2.11. The third kappa shape index (κ3) is 4.53. The first-order valence-corrected chi connectivity index (χ1v) is 11.1. The van der Waals surface area contributed by atoms with E-state index in [9.17, 15) is 4.79 Å². The van der Waals surface area contributed by atoms with E-state index in [-0.39, 0.29) is 0 Å². The van der Waals surface area contributed by atoms with Crippen molar-refractivity contribution in [3.63, 3.8) is 0 Å². The Morgan fingerprint density at radius 1 is 1.11 bits per heavy atom. The summed E-state index contributed by atoms with van der Waals surface area (Å²) < 4.78 is 2.34. The van der Waals surface area contributed by atoms with Crippen molar-refractivity contribution in [2.24, 2.45) is 5.92 Å². The number of nitrogens with zero attached hydrogens (tertiary/aromatic N) is 3. The van der Waals surface area contributed by atoms with E-state index in [2.05, 4.69) is 53.7 Å². The maximum Gasteiger partial charge on any atom is 0.137 e. The van der Waals surface area contributed by atoms with Crippen LogP contribution in [0, 0.1) is 12.8 Å². The summed E-state index contributed by atoms with van der Waals surface area (Å²) in [6.45, 7) is 6.68. The fraction of sp³-hybridized carbons (Fsp3) is 0.625. The van der Waals surface area contributed by atoms with Gasteiger partial charge in [-0.25, -0.2) is 0 Å². The molecule has 0 spiro atoms. The molecule has 150 valence electrons. The van der Waals surface area contributed by atoms with Crippen LogP contribution in [0.1, 0.15) is 92.7 Å². The molecule has 0 saturated heterocycles. The Hall–Kier alpha value is -1.97. The topological polar surface area (TPSA) is 47.8 Å². The Balaban J connectivity index is 1.38. The van der Waals surface area contributed by atoms with Crippen LogP contribution in [0.15, 0.2) is 18.2 Å². The van der Waals surface area contributed by atoms with Crippen LogP contribution in [-0.2, 0) is 24.1 Å². The Kier molecular flexibility index (Phi) is 5.65. The standard InChI is InChI=1S/C24H33N3O/c1-16(2)7-13-23-25-26-24(27(23)20-10-11-20)14-12-21(28)15-19-5-4-6-22(17(19)3)18-8-9-18/h4-6,16,18,20H,7-15H2,1-3H3. The molecule has 28 heavy (non-hydrogen) atoms. The molecule has 0 amide bonds. The molecule has 2 aliphatic carbocycles. The van der Waals surface area contributed by atoms with E-state index >= 15 is 0 Å². The average molecular weight is 380 g/mol. The Labute approximate surface area is 168 Å². The smallest absolute Gasteiger partial charge is 0.137 e. The minimum Gasteiger partial charge on any atom is -0.312 e. The summed E-state index contributed by atoms with van der Waals surface area (Å²) in [5, 5.41) is 8.92.